The fourth-order valence-electron chi connectivity index (χ4n) is 2.52. The van der Waals surface area contributed by atoms with Gasteiger partial charge in [-0.25, -0.2) is 4.39 Å². The second-order valence-electron chi connectivity index (χ2n) is 5.65. The van der Waals surface area contributed by atoms with Crippen molar-refractivity contribution >= 4 is 24.0 Å². The zero-order valence-electron chi connectivity index (χ0n) is 13.2. The lowest BCUT2D eigenvalue weighted by molar-refractivity contribution is -0.274. The third kappa shape index (κ3) is 5.16. The number of nitrogens with one attached hydrogen (secondary N) is 1. The van der Waals surface area contributed by atoms with Gasteiger partial charge in [-0.3, -0.25) is 0 Å². The van der Waals surface area contributed by atoms with Crippen LogP contribution < -0.4 is 14.8 Å². The van der Waals surface area contributed by atoms with Crippen molar-refractivity contribution in [2.24, 2.45) is 5.92 Å². The Balaban J connectivity index is 0.00000243. The predicted octanol–water partition coefficient (Wildman–Crippen LogP) is 5.14. The molecule has 3 nitrogen and oxygen atoms in total. The third-order valence-corrected chi connectivity index (χ3v) is 4.14. The predicted molar refractivity (Wildman–Crippen MR) is 91.5 cm³/mol. The molecule has 1 atom stereocenters. The van der Waals surface area contributed by atoms with Crippen LogP contribution in [0, 0.1) is 11.7 Å². The van der Waals surface area contributed by atoms with E-state index in [1.165, 1.54) is 36.4 Å². The molecule has 142 valence electrons. The van der Waals surface area contributed by atoms with E-state index in [0.717, 1.165) is 0 Å². The van der Waals surface area contributed by atoms with Crippen LogP contribution in [0.25, 0.3) is 0 Å². The van der Waals surface area contributed by atoms with E-state index in [1.54, 1.807) is 6.07 Å². The van der Waals surface area contributed by atoms with E-state index >= 15 is 0 Å². The molecule has 1 saturated heterocycles. The number of hydrogen-bond donors (Lipinski definition) is 1. The van der Waals surface area contributed by atoms with Gasteiger partial charge in [-0.15, -0.1) is 25.6 Å². The number of ether oxygens (including phenoxy) is 2. The first kappa shape index (κ1) is 20.6. The molecule has 1 fully saturated rings. The molecule has 1 aliphatic rings. The Labute approximate surface area is 158 Å². The van der Waals surface area contributed by atoms with Crippen molar-refractivity contribution in [3.8, 4) is 11.5 Å². The highest BCUT2D eigenvalue weighted by Gasteiger charge is 2.32. The lowest BCUT2D eigenvalue weighted by Gasteiger charge is -2.35. The first-order valence-electron chi connectivity index (χ1n) is 7.50. The Hall–Kier alpha value is -1.70. The average molecular weight is 412 g/mol. The summed E-state index contributed by atoms with van der Waals surface area (Å²) in [7, 11) is 0. The molecular formula is C17H15Cl2F4NO2. The standard InChI is InChI=1S/C17H14ClF4NO2.ClH/c18-14-6-1-10(7-15(14)19)16(11-8-23-9-11)24-12-2-4-13(5-3-12)25-17(20,21)22;/h1-7,11,16,23H,8-9H2;1H/t16-;/m0./s1. The van der Waals surface area contributed by atoms with Crippen molar-refractivity contribution in [2.45, 2.75) is 12.5 Å². The Morgan fingerprint density at radius 1 is 1.04 bits per heavy atom. The Morgan fingerprint density at radius 2 is 1.65 bits per heavy atom. The van der Waals surface area contributed by atoms with E-state index in [9.17, 15) is 17.6 Å². The maximum atomic E-state index is 13.7. The number of benzene rings is 2. The average Bonchev–Trinajstić information content (AvgIpc) is 2.48. The molecule has 0 aromatic heterocycles. The minimum atomic E-state index is -4.75. The summed E-state index contributed by atoms with van der Waals surface area (Å²) in [6.07, 6.45) is -5.19. The first-order chi connectivity index (χ1) is 11.8. The van der Waals surface area contributed by atoms with Gasteiger partial charge in [0.2, 0.25) is 0 Å². The minimum Gasteiger partial charge on any atom is -0.485 e. The minimum absolute atomic E-state index is 0. The molecule has 2 aromatic carbocycles. The van der Waals surface area contributed by atoms with Gasteiger partial charge in [0.1, 0.15) is 23.4 Å². The molecule has 1 N–H and O–H groups in total. The van der Waals surface area contributed by atoms with Crippen LogP contribution >= 0.6 is 24.0 Å². The molecule has 0 saturated carbocycles. The monoisotopic (exact) mass is 411 g/mol. The number of hydrogen-bond acceptors (Lipinski definition) is 3. The fraction of sp³-hybridized carbons (Fsp3) is 0.294. The van der Waals surface area contributed by atoms with Crippen molar-refractivity contribution in [1.82, 2.24) is 5.32 Å². The van der Waals surface area contributed by atoms with Crippen LogP contribution in [-0.2, 0) is 0 Å². The molecule has 0 aliphatic carbocycles. The van der Waals surface area contributed by atoms with E-state index in [4.69, 9.17) is 16.3 Å². The summed E-state index contributed by atoms with van der Waals surface area (Å²) in [6, 6.07) is 9.54. The Bertz CT molecular complexity index is 737. The van der Waals surface area contributed by atoms with Crippen molar-refractivity contribution < 1.29 is 27.0 Å². The highest BCUT2D eigenvalue weighted by atomic mass is 35.5. The molecule has 0 unspecified atom stereocenters. The molecule has 0 radical (unpaired) electrons. The molecule has 9 heteroatoms. The number of alkyl halides is 3. The number of rotatable bonds is 5. The summed E-state index contributed by atoms with van der Waals surface area (Å²) >= 11 is 5.71. The molecule has 3 rings (SSSR count). The van der Waals surface area contributed by atoms with E-state index in [2.05, 4.69) is 10.1 Å². The Morgan fingerprint density at radius 3 is 2.15 bits per heavy atom. The highest BCUT2D eigenvalue weighted by molar-refractivity contribution is 6.30. The molecule has 26 heavy (non-hydrogen) atoms. The summed E-state index contributed by atoms with van der Waals surface area (Å²) in [5.74, 6) is -0.401. The van der Waals surface area contributed by atoms with Crippen molar-refractivity contribution in [3.05, 3.63) is 58.9 Å². The van der Waals surface area contributed by atoms with Gasteiger partial charge in [0.05, 0.1) is 5.02 Å². The normalized spacial score (nSPS) is 15.6. The molecule has 1 aliphatic heterocycles. The Kier molecular flexibility index (Phi) is 6.60. The van der Waals surface area contributed by atoms with Gasteiger partial charge in [-0.1, -0.05) is 17.7 Å². The van der Waals surface area contributed by atoms with Gasteiger partial charge in [0, 0.05) is 19.0 Å². The first-order valence-corrected chi connectivity index (χ1v) is 7.88. The quantitative estimate of drug-likeness (QED) is 0.691. The number of halogens is 6. The van der Waals surface area contributed by atoms with Gasteiger partial charge < -0.3 is 14.8 Å². The molecular weight excluding hydrogens is 397 g/mol. The van der Waals surface area contributed by atoms with Crippen LogP contribution in [0.15, 0.2) is 42.5 Å². The van der Waals surface area contributed by atoms with Crippen molar-refractivity contribution in [3.63, 3.8) is 0 Å². The van der Waals surface area contributed by atoms with E-state index in [1.807, 2.05) is 0 Å². The summed E-state index contributed by atoms with van der Waals surface area (Å²) in [5.41, 5.74) is 0.615. The van der Waals surface area contributed by atoms with Crippen molar-refractivity contribution in [1.29, 1.82) is 0 Å². The largest absolute Gasteiger partial charge is 0.573 e. The summed E-state index contributed by atoms with van der Waals surface area (Å²) in [6.45, 7) is 1.40. The fourth-order valence-corrected chi connectivity index (χ4v) is 2.63. The summed E-state index contributed by atoms with van der Waals surface area (Å²) in [5, 5.41) is 3.13. The van der Waals surface area contributed by atoms with Crippen LogP contribution in [0.5, 0.6) is 11.5 Å². The topological polar surface area (TPSA) is 30.5 Å². The van der Waals surface area contributed by atoms with Crippen LogP contribution in [0.2, 0.25) is 5.02 Å². The van der Waals surface area contributed by atoms with E-state index in [-0.39, 0.29) is 29.1 Å². The van der Waals surface area contributed by atoms with Crippen LogP contribution in [-0.4, -0.2) is 19.5 Å². The summed E-state index contributed by atoms with van der Waals surface area (Å²) in [4.78, 5) is 0. The summed E-state index contributed by atoms with van der Waals surface area (Å²) < 4.78 is 60.1. The maximum absolute atomic E-state index is 13.7. The lowest BCUT2D eigenvalue weighted by atomic mass is 9.90. The van der Waals surface area contributed by atoms with Gasteiger partial charge >= 0.3 is 6.36 Å². The smallest absolute Gasteiger partial charge is 0.485 e. The zero-order valence-corrected chi connectivity index (χ0v) is 14.8. The van der Waals surface area contributed by atoms with Gasteiger partial charge in [-0.05, 0) is 42.0 Å². The molecule has 2 aromatic rings. The van der Waals surface area contributed by atoms with Crippen LogP contribution in [0.4, 0.5) is 17.6 Å². The van der Waals surface area contributed by atoms with E-state index < -0.39 is 18.3 Å². The van der Waals surface area contributed by atoms with Gasteiger partial charge in [0.15, 0.2) is 0 Å². The molecule has 0 bridgehead atoms. The molecule has 1 heterocycles. The van der Waals surface area contributed by atoms with Crippen molar-refractivity contribution in [2.75, 3.05) is 13.1 Å². The van der Waals surface area contributed by atoms with Crippen LogP contribution in [0.3, 0.4) is 0 Å². The second kappa shape index (κ2) is 8.33. The van der Waals surface area contributed by atoms with E-state index in [0.29, 0.717) is 24.4 Å². The van der Waals surface area contributed by atoms with Crippen LogP contribution in [0.1, 0.15) is 11.7 Å². The lowest BCUT2D eigenvalue weighted by Crippen LogP contribution is -2.46. The third-order valence-electron chi connectivity index (χ3n) is 3.83. The maximum Gasteiger partial charge on any atom is 0.573 e. The molecule has 0 amide bonds. The SMILES string of the molecule is Cl.Fc1cc([C@H](Oc2ccc(OC(F)(F)F)cc2)C2CNC2)ccc1Cl. The van der Waals surface area contributed by atoms with Gasteiger partial charge in [0.25, 0.3) is 0 Å². The molecule has 0 spiro atoms. The highest BCUT2D eigenvalue weighted by Crippen LogP contribution is 2.33. The second-order valence-corrected chi connectivity index (χ2v) is 6.06. The van der Waals surface area contributed by atoms with Gasteiger partial charge in [-0.2, -0.15) is 0 Å². The zero-order chi connectivity index (χ0) is 18.0.